The van der Waals surface area contributed by atoms with Crippen molar-refractivity contribution in [3.05, 3.63) is 95.2 Å². The Hall–Kier alpha value is -3.02. The van der Waals surface area contributed by atoms with Gasteiger partial charge in [0.1, 0.15) is 6.61 Å². The fraction of sp³-hybridized carbons (Fsp3) is 0.208. The van der Waals surface area contributed by atoms with E-state index in [-0.39, 0.29) is 6.61 Å². The highest BCUT2D eigenvalue weighted by molar-refractivity contribution is 6.30. The van der Waals surface area contributed by atoms with Gasteiger partial charge in [-0.2, -0.15) is 0 Å². The van der Waals surface area contributed by atoms with Gasteiger partial charge in [0.25, 0.3) is 0 Å². The summed E-state index contributed by atoms with van der Waals surface area (Å²) in [7, 11) is 1.29. The summed E-state index contributed by atoms with van der Waals surface area (Å²) >= 11 is 5.99. The van der Waals surface area contributed by atoms with Gasteiger partial charge in [0, 0.05) is 36.0 Å². The third-order valence-corrected chi connectivity index (χ3v) is 4.79. The van der Waals surface area contributed by atoms with Crippen LogP contribution in [0.1, 0.15) is 11.3 Å². The highest BCUT2D eigenvalue weighted by Gasteiger charge is 2.09. The van der Waals surface area contributed by atoms with Gasteiger partial charge in [-0.15, -0.1) is 0 Å². The molecule has 0 aliphatic heterocycles. The molecular formula is C24H25ClN2O3. The summed E-state index contributed by atoms with van der Waals surface area (Å²) in [6.07, 6.45) is 3.14. The van der Waals surface area contributed by atoms with Gasteiger partial charge in [-0.3, -0.25) is 4.90 Å². The van der Waals surface area contributed by atoms with Crippen molar-refractivity contribution in [2.45, 2.75) is 13.1 Å². The first kappa shape index (κ1) is 21.7. The molecule has 1 heterocycles. The average molecular weight is 425 g/mol. The van der Waals surface area contributed by atoms with E-state index in [0.717, 1.165) is 35.1 Å². The Bertz CT molecular complexity index is 952. The average Bonchev–Trinajstić information content (AvgIpc) is 3.23. The number of benzene rings is 2. The maximum Gasteiger partial charge on any atom is 0.508 e. The molecule has 0 spiro atoms. The number of rotatable bonds is 9. The number of carbonyl (C=O) groups is 1. The lowest BCUT2D eigenvalue weighted by Gasteiger charge is -2.20. The summed E-state index contributed by atoms with van der Waals surface area (Å²) in [6, 6.07) is 22.3. The second-order valence-electron chi connectivity index (χ2n) is 6.80. The van der Waals surface area contributed by atoms with E-state index in [4.69, 9.17) is 16.3 Å². The van der Waals surface area contributed by atoms with Crippen LogP contribution in [0.25, 0.3) is 11.3 Å². The van der Waals surface area contributed by atoms with Crippen LogP contribution in [-0.2, 0) is 22.6 Å². The first-order valence-electron chi connectivity index (χ1n) is 9.70. The Morgan fingerprint density at radius 2 is 1.77 bits per heavy atom. The topological polar surface area (TPSA) is 54.6 Å². The number of hydrogen-bond donors (Lipinski definition) is 1. The van der Waals surface area contributed by atoms with Crippen LogP contribution in [0.15, 0.2) is 78.9 Å². The number of nitrogens with zero attached hydrogens (tertiary/aromatic N) is 1. The minimum atomic E-state index is -0.679. The van der Waals surface area contributed by atoms with Crippen molar-refractivity contribution in [2.75, 3.05) is 20.3 Å². The summed E-state index contributed by atoms with van der Waals surface area (Å²) in [5.41, 5.74) is 4.51. The van der Waals surface area contributed by atoms with Crippen LogP contribution >= 0.6 is 11.6 Å². The Kier molecular flexibility index (Phi) is 8.12. The summed E-state index contributed by atoms with van der Waals surface area (Å²) in [5, 5.41) is 0.725. The fourth-order valence-electron chi connectivity index (χ4n) is 3.06. The van der Waals surface area contributed by atoms with Gasteiger partial charge in [-0.25, -0.2) is 4.79 Å². The predicted molar refractivity (Wildman–Crippen MR) is 119 cm³/mol. The number of aromatic amines is 1. The van der Waals surface area contributed by atoms with Crippen molar-refractivity contribution >= 4 is 17.8 Å². The van der Waals surface area contributed by atoms with E-state index in [9.17, 15) is 4.79 Å². The first-order valence-corrected chi connectivity index (χ1v) is 10.1. The van der Waals surface area contributed by atoms with Crippen molar-refractivity contribution < 1.29 is 14.3 Å². The molecule has 0 atom stereocenters. The van der Waals surface area contributed by atoms with E-state index in [1.807, 2.05) is 54.6 Å². The smallest absolute Gasteiger partial charge is 0.438 e. The van der Waals surface area contributed by atoms with Gasteiger partial charge >= 0.3 is 6.16 Å². The summed E-state index contributed by atoms with van der Waals surface area (Å²) in [5.74, 6) is 0. The van der Waals surface area contributed by atoms with E-state index in [0.29, 0.717) is 6.54 Å². The highest BCUT2D eigenvalue weighted by atomic mass is 35.5. The van der Waals surface area contributed by atoms with Gasteiger partial charge in [0.15, 0.2) is 0 Å². The lowest BCUT2D eigenvalue weighted by Crippen LogP contribution is -2.23. The van der Waals surface area contributed by atoms with Crippen LogP contribution in [0.3, 0.4) is 0 Å². The normalized spacial score (nSPS) is 11.2. The lowest BCUT2D eigenvalue weighted by atomic mass is 10.2. The maximum absolute atomic E-state index is 11.0. The zero-order valence-electron chi connectivity index (χ0n) is 16.9. The highest BCUT2D eigenvalue weighted by Crippen LogP contribution is 2.21. The molecule has 0 fully saturated rings. The van der Waals surface area contributed by atoms with E-state index >= 15 is 0 Å². The number of nitrogens with one attached hydrogen (secondary N) is 1. The Morgan fingerprint density at radius 3 is 2.50 bits per heavy atom. The molecule has 156 valence electrons. The van der Waals surface area contributed by atoms with Crippen molar-refractivity contribution in [3.8, 4) is 11.3 Å². The molecule has 1 aromatic heterocycles. The van der Waals surface area contributed by atoms with Crippen LogP contribution in [0.5, 0.6) is 0 Å². The zero-order chi connectivity index (χ0) is 21.2. The van der Waals surface area contributed by atoms with Crippen molar-refractivity contribution in [2.24, 2.45) is 0 Å². The van der Waals surface area contributed by atoms with Gasteiger partial charge in [-0.05, 0) is 41.5 Å². The molecule has 0 unspecified atom stereocenters. The van der Waals surface area contributed by atoms with Gasteiger partial charge in [0.2, 0.25) is 0 Å². The Labute approximate surface area is 181 Å². The summed E-state index contributed by atoms with van der Waals surface area (Å²) in [6.45, 7) is 2.47. The Morgan fingerprint density at radius 1 is 1.00 bits per heavy atom. The molecule has 2 aromatic carbocycles. The number of aromatic nitrogens is 1. The third-order valence-electron chi connectivity index (χ3n) is 4.54. The molecule has 0 saturated carbocycles. The number of halogens is 1. The second-order valence-corrected chi connectivity index (χ2v) is 7.23. The van der Waals surface area contributed by atoms with Crippen molar-refractivity contribution in [1.82, 2.24) is 9.88 Å². The van der Waals surface area contributed by atoms with E-state index in [1.54, 1.807) is 0 Å². The molecule has 5 nitrogen and oxygen atoms in total. The predicted octanol–water partition coefficient (Wildman–Crippen LogP) is 5.68. The standard InChI is InChI=1S/C24H25ClN2O3/c1-29-24(28)30-16-6-5-15-27(17-19-7-3-2-4-8-19)18-22-13-14-23(26-22)20-9-11-21(25)12-10-20/h2-14,26H,15-18H2,1H3/b6-5+. The molecule has 3 rings (SSSR count). The molecule has 0 saturated heterocycles. The minimum absolute atomic E-state index is 0.190. The fourth-order valence-corrected chi connectivity index (χ4v) is 3.19. The third kappa shape index (κ3) is 6.79. The quantitative estimate of drug-likeness (QED) is 0.355. The lowest BCUT2D eigenvalue weighted by molar-refractivity contribution is 0.0817. The minimum Gasteiger partial charge on any atom is -0.438 e. The van der Waals surface area contributed by atoms with Gasteiger partial charge in [-0.1, -0.05) is 60.1 Å². The number of carbonyl (C=O) groups excluding carboxylic acids is 1. The number of H-pyrrole nitrogens is 1. The molecule has 0 amide bonds. The van der Waals surface area contributed by atoms with E-state index in [1.165, 1.54) is 12.7 Å². The second kappa shape index (κ2) is 11.2. The van der Waals surface area contributed by atoms with E-state index in [2.05, 4.69) is 38.9 Å². The van der Waals surface area contributed by atoms with Crippen LogP contribution in [-0.4, -0.2) is 36.3 Å². The molecule has 0 radical (unpaired) electrons. The molecule has 1 N–H and O–H groups in total. The van der Waals surface area contributed by atoms with Crippen molar-refractivity contribution in [1.29, 1.82) is 0 Å². The molecule has 0 aliphatic rings. The molecule has 0 aliphatic carbocycles. The van der Waals surface area contributed by atoms with E-state index < -0.39 is 6.16 Å². The van der Waals surface area contributed by atoms with Crippen LogP contribution in [0, 0.1) is 0 Å². The van der Waals surface area contributed by atoms with Crippen LogP contribution in [0.2, 0.25) is 5.02 Å². The molecule has 6 heteroatoms. The molecular weight excluding hydrogens is 400 g/mol. The van der Waals surface area contributed by atoms with Crippen LogP contribution in [0.4, 0.5) is 4.79 Å². The maximum atomic E-state index is 11.0. The van der Waals surface area contributed by atoms with Crippen LogP contribution < -0.4 is 0 Å². The van der Waals surface area contributed by atoms with Gasteiger partial charge in [0.05, 0.1) is 7.11 Å². The van der Waals surface area contributed by atoms with Crippen molar-refractivity contribution in [3.63, 3.8) is 0 Å². The molecule has 0 bridgehead atoms. The number of ether oxygens (including phenoxy) is 2. The molecule has 30 heavy (non-hydrogen) atoms. The Balaban J connectivity index is 1.65. The first-order chi connectivity index (χ1) is 14.6. The summed E-state index contributed by atoms with van der Waals surface area (Å²) in [4.78, 5) is 16.8. The monoisotopic (exact) mass is 424 g/mol. The summed E-state index contributed by atoms with van der Waals surface area (Å²) < 4.78 is 9.35. The SMILES string of the molecule is COC(=O)OC/C=C/CN(Cc1ccccc1)Cc1ccc(-c2ccc(Cl)cc2)[nH]1. The number of hydrogen-bond acceptors (Lipinski definition) is 4. The largest absolute Gasteiger partial charge is 0.508 e. The molecule has 3 aromatic rings. The van der Waals surface area contributed by atoms with Gasteiger partial charge < -0.3 is 14.5 Å². The number of methoxy groups -OCH3 is 1. The zero-order valence-corrected chi connectivity index (χ0v) is 17.6.